The van der Waals surface area contributed by atoms with E-state index in [-0.39, 0.29) is 0 Å². The van der Waals surface area contributed by atoms with E-state index in [0.29, 0.717) is 34.8 Å². The maximum absolute atomic E-state index is 9.68. The third kappa shape index (κ3) is 5.09. The summed E-state index contributed by atoms with van der Waals surface area (Å²) < 4.78 is 17.2. The second-order valence-electron chi connectivity index (χ2n) is 8.36. The van der Waals surface area contributed by atoms with Crippen molar-refractivity contribution < 1.29 is 13.9 Å². The number of nitriles is 1. The maximum Gasteiger partial charge on any atom is 0.235 e. The van der Waals surface area contributed by atoms with Crippen LogP contribution >= 0.6 is 11.6 Å². The molecule has 36 heavy (non-hydrogen) atoms. The molecule has 1 fully saturated rings. The Morgan fingerprint density at radius 3 is 2.25 bits per heavy atom. The second kappa shape index (κ2) is 10.6. The van der Waals surface area contributed by atoms with Crippen molar-refractivity contribution in [1.82, 2.24) is 4.98 Å². The Labute approximate surface area is 215 Å². The molecule has 0 atom stereocenters. The number of aromatic nitrogens is 1. The number of rotatable bonds is 7. The number of hydrogen-bond donors (Lipinski definition) is 0. The second-order valence-corrected chi connectivity index (χ2v) is 8.77. The van der Waals surface area contributed by atoms with Gasteiger partial charge in [-0.15, -0.1) is 0 Å². The fraction of sp³-hybridized carbons (Fsp3) is 0.214. The van der Waals surface area contributed by atoms with Crippen LogP contribution in [0.25, 0.3) is 11.5 Å². The normalized spacial score (nSPS) is 13.4. The van der Waals surface area contributed by atoms with Crippen molar-refractivity contribution in [3.8, 4) is 29.0 Å². The Bertz CT molecular complexity index is 1360. The third-order valence-corrected chi connectivity index (χ3v) is 6.54. The highest BCUT2D eigenvalue weighted by molar-refractivity contribution is 6.31. The summed E-state index contributed by atoms with van der Waals surface area (Å²) in [5.41, 5.74) is 3.14. The molecule has 4 aromatic rings. The van der Waals surface area contributed by atoms with Gasteiger partial charge in [0.25, 0.3) is 0 Å². The van der Waals surface area contributed by atoms with E-state index in [1.165, 1.54) is 0 Å². The van der Waals surface area contributed by atoms with Gasteiger partial charge in [0.15, 0.2) is 0 Å². The summed E-state index contributed by atoms with van der Waals surface area (Å²) in [7, 11) is 1.66. The number of methoxy groups -OCH3 is 1. The van der Waals surface area contributed by atoms with E-state index in [4.69, 9.17) is 25.5 Å². The Morgan fingerprint density at radius 1 is 0.917 bits per heavy atom. The van der Waals surface area contributed by atoms with E-state index in [1.807, 2.05) is 60.7 Å². The largest absolute Gasteiger partial charge is 0.497 e. The fourth-order valence-electron chi connectivity index (χ4n) is 4.15. The molecule has 2 heterocycles. The van der Waals surface area contributed by atoms with Gasteiger partial charge in [0.2, 0.25) is 17.5 Å². The SMILES string of the molecule is COc1ccc(N2CCN(c3oc(-c4ccc(OCc5ccccc5Cl)cc4)nc3C#N)CC2)cc1. The zero-order chi connectivity index (χ0) is 24.9. The van der Waals surface area contributed by atoms with Crippen LogP contribution in [-0.2, 0) is 6.61 Å². The summed E-state index contributed by atoms with van der Waals surface area (Å²) in [4.78, 5) is 8.84. The molecule has 182 valence electrons. The fourth-order valence-corrected chi connectivity index (χ4v) is 4.34. The van der Waals surface area contributed by atoms with Gasteiger partial charge in [-0.05, 0) is 54.6 Å². The maximum atomic E-state index is 9.68. The number of oxazole rings is 1. The molecule has 1 aliphatic heterocycles. The lowest BCUT2D eigenvalue weighted by Crippen LogP contribution is -2.46. The lowest BCUT2D eigenvalue weighted by Gasteiger charge is -2.35. The van der Waals surface area contributed by atoms with Gasteiger partial charge in [-0.25, -0.2) is 0 Å². The molecule has 1 saturated heterocycles. The zero-order valence-corrected chi connectivity index (χ0v) is 20.6. The van der Waals surface area contributed by atoms with E-state index >= 15 is 0 Å². The van der Waals surface area contributed by atoms with Crippen LogP contribution in [0.2, 0.25) is 5.02 Å². The van der Waals surface area contributed by atoms with Gasteiger partial charge in [0.05, 0.1) is 7.11 Å². The number of benzene rings is 3. The minimum Gasteiger partial charge on any atom is -0.497 e. The van der Waals surface area contributed by atoms with Gasteiger partial charge in [-0.2, -0.15) is 10.2 Å². The Kier molecular flexibility index (Phi) is 6.96. The molecule has 0 amide bonds. The average molecular weight is 501 g/mol. The summed E-state index contributed by atoms with van der Waals surface area (Å²) in [5.74, 6) is 2.48. The molecule has 0 N–H and O–H groups in total. The van der Waals surface area contributed by atoms with Crippen molar-refractivity contribution >= 4 is 23.2 Å². The quantitative estimate of drug-likeness (QED) is 0.318. The van der Waals surface area contributed by atoms with Crippen molar-refractivity contribution in [2.45, 2.75) is 6.61 Å². The molecule has 0 unspecified atom stereocenters. The highest BCUT2D eigenvalue weighted by Crippen LogP contribution is 2.31. The topological polar surface area (TPSA) is 74.8 Å². The predicted octanol–water partition coefficient (Wildman–Crippen LogP) is 5.78. The van der Waals surface area contributed by atoms with Crippen LogP contribution in [0.4, 0.5) is 11.6 Å². The lowest BCUT2D eigenvalue weighted by molar-refractivity contribution is 0.306. The summed E-state index contributed by atoms with van der Waals surface area (Å²) in [6.07, 6.45) is 0. The molecular formula is C28H25ClN4O3. The molecule has 0 radical (unpaired) electrons. The van der Waals surface area contributed by atoms with Crippen LogP contribution < -0.4 is 19.3 Å². The van der Waals surface area contributed by atoms with E-state index < -0.39 is 0 Å². The van der Waals surface area contributed by atoms with Crippen LogP contribution in [0.3, 0.4) is 0 Å². The summed E-state index contributed by atoms with van der Waals surface area (Å²) in [6, 6.07) is 25.3. The summed E-state index contributed by atoms with van der Waals surface area (Å²) in [6.45, 7) is 3.45. The highest BCUT2D eigenvalue weighted by Gasteiger charge is 2.25. The molecule has 0 spiro atoms. The molecule has 0 bridgehead atoms. The molecule has 1 aliphatic rings. The number of ether oxygens (including phenoxy) is 2. The molecule has 0 aliphatic carbocycles. The Balaban J connectivity index is 1.24. The average Bonchev–Trinajstić information content (AvgIpc) is 3.38. The minimum absolute atomic E-state index is 0.293. The van der Waals surface area contributed by atoms with Crippen molar-refractivity contribution in [2.24, 2.45) is 0 Å². The van der Waals surface area contributed by atoms with Crippen molar-refractivity contribution in [3.63, 3.8) is 0 Å². The molecule has 8 heteroatoms. The van der Waals surface area contributed by atoms with Gasteiger partial charge >= 0.3 is 0 Å². The number of hydrogen-bond acceptors (Lipinski definition) is 7. The first-order valence-electron chi connectivity index (χ1n) is 11.7. The van der Waals surface area contributed by atoms with Crippen molar-refractivity contribution in [3.05, 3.63) is 89.1 Å². The smallest absolute Gasteiger partial charge is 0.235 e. The van der Waals surface area contributed by atoms with Crippen LogP contribution in [-0.4, -0.2) is 38.3 Å². The first-order chi connectivity index (χ1) is 17.6. The lowest BCUT2D eigenvalue weighted by atomic mass is 10.2. The number of nitrogens with zero attached hydrogens (tertiary/aromatic N) is 4. The van der Waals surface area contributed by atoms with E-state index in [0.717, 1.165) is 48.7 Å². The first-order valence-corrected chi connectivity index (χ1v) is 12.0. The molecule has 5 rings (SSSR count). The highest BCUT2D eigenvalue weighted by atomic mass is 35.5. The molecular weight excluding hydrogens is 476 g/mol. The van der Waals surface area contributed by atoms with Crippen LogP contribution in [0.1, 0.15) is 11.3 Å². The van der Waals surface area contributed by atoms with Gasteiger partial charge < -0.3 is 23.7 Å². The van der Waals surface area contributed by atoms with E-state index in [2.05, 4.69) is 33.0 Å². The van der Waals surface area contributed by atoms with Crippen LogP contribution in [0, 0.1) is 11.3 Å². The third-order valence-electron chi connectivity index (χ3n) is 6.17. The zero-order valence-electron chi connectivity index (χ0n) is 19.9. The summed E-state index contributed by atoms with van der Waals surface area (Å²) >= 11 is 6.20. The Morgan fingerprint density at radius 2 is 1.58 bits per heavy atom. The van der Waals surface area contributed by atoms with Gasteiger partial charge in [0.1, 0.15) is 24.2 Å². The first kappa shape index (κ1) is 23.6. The number of anilines is 2. The number of halogens is 1. The van der Waals surface area contributed by atoms with Crippen molar-refractivity contribution in [1.29, 1.82) is 5.26 Å². The van der Waals surface area contributed by atoms with Crippen LogP contribution in [0.15, 0.2) is 77.2 Å². The van der Waals surface area contributed by atoms with Gasteiger partial charge in [-0.3, -0.25) is 0 Å². The van der Waals surface area contributed by atoms with Gasteiger partial charge in [0, 0.05) is 48.0 Å². The van der Waals surface area contributed by atoms with Crippen LogP contribution in [0.5, 0.6) is 11.5 Å². The number of piperazine rings is 1. The van der Waals surface area contributed by atoms with Crippen molar-refractivity contribution in [2.75, 3.05) is 43.1 Å². The van der Waals surface area contributed by atoms with Gasteiger partial charge in [-0.1, -0.05) is 29.8 Å². The predicted molar refractivity (Wildman–Crippen MR) is 140 cm³/mol. The molecule has 7 nitrogen and oxygen atoms in total. The molecule has 1 aromatic heterocycles. The minimum atomic E-state index is 0.293. The molecule has 3 aromatic carbocycles. The standard InChI is InChI=1S/C28H25ClN4O3/c1-34-23-12-8-22(9-13-23)32-14-16-33(17-15-32)28-26(18-30)31-27(36-28)20-6-10-24(11-7-20)35-19-21-4-2-3-5-25(21)29/h2-13H,14-17,19H2,1H3. The molecule has 0 saturated carbocycles. The Hall–Kier alpha value is -4.15. The monoisotopic (exact) mass is 500 g/mol. The summed E-state index contributed by atoms with van der Waals surface area (Å²) in [5, 5.41) is 10.4. The van der Waals surface area contributed by atoms with E-state index in [1.54, 1.807) is 7.11 Å². The van der Waals surface area contributed by atoms with E-state index in [9.17, 15) is 5.26 Å².